The Balaban J connectivity index is 1.90. The van der Waals surface area contributed by atoms with Crippen molar-refractivity contribution in [3.05, 3.63) is 5.82 Å². The normalized spacial score (nSPS) is 17.4. The maximum Gasteiger partial charge on any atom is 0.291 e. The maximum absolute atomic E-state index is 11.9. The van der Waals surface area contributed by atoms with Gasteiger partial charge < -0.3 is 15.7 Å². The van der Waals surface area contributed by atoms with Gasteiger partial charge in [-0.05, 0) is 0 Å². The predicted molar refractivity (Wildman–Crippen MR) is 60.2 cm³/mol. The Morgan fingerprint density at radius 2 is 2.12 bits per heavy atom. The topological polar surface area (TPSA) is 111 Å². The van der Waals surface area contributed by atoms with Crippen LogP contribution < -0.4 is 5.73 Å². The van der Waals surface area contributed by atoms with E-state index in [1.54, 1.807) is 4.90 Å². The molecule has 1 saturated heterocycles. The largest absolute Gasteiger partial charge is 0.395 e. The summed E-state index contributed by atoms with van der Waals surface area (Å²) in [5.74, 6) is 0.0724. The number of nitrogens with one attached hydrogen (secondary N) is 1. The summed E-state index contributed by atoms with van der Waals surface area (Å²) >= 11 is 0. The number of rotatable bonds is 3. The first-order valence-corrected chi connectivity index (χ1v) is 5.51. The third-order valence-corrected chi connectivity index (χ3v) is 2.78. The molecule has 0 saturated carbocycles. The van der Waals surface area contributed by atoms with E-state index in [1.165, 1.54) is 0 Å². The van der Waals surface area contributed by atoms with Crippen LogP contribution in [0.4, 0.5) is 5.95 Å². The first kappa shape index (κ1) is 11.8. The van der Waals surface area contributed by atoms with Crippen LogP contribution in [0.25, 0.3) is 0 Å². The highest BCUT2D eigenvalue weighted by Gasteiger charge is 2.23. The van der Waals surface area contributed by atoms with Gasteiger partial charge in [-0.3, -0.25) is 14.8 Å². The fourth-order valence-electron chi connectivity index (χ4n) is 1.84. The zero-order valence-electron chi connectivity index (χ0n) is 9.46. The molecule has 0 unspecified atom stereocenters. The van der Waals surface area contributed by atoms with E-state index in [2.05, 4.69) is 20.1 Å². The van der Waals surface area contributed by atoms with Crippen LogP contribution in [-0.4, -0.2) is 75.3 Å². The fraction of sp³-hybridized carbons (Fsp3) is 0.667. The molecule has 8 heteroatoms. The summed E-state index contributed by atoms with van der Waals surface area (Å²) in [6.45, 7) is 3.56. The Kier molecular flexibility index (Phi) is 3.55. The van der Waals surface area contributed by atoms with Crippen molar-refractivity contribution >= 4 is 11.9 Å². The van der Waals surface area contributed by atoms with Gasteiger partial charge in [-0.1, -0.05) is 0 Å². The summed E-state index contributed by atoms with van der Waals surface area (Å²) in [4.78, 5) is 19.6. The van der Waals surface area contributed by atoms with Crippen LogP contribution in [-0.2, 0) is 0 Å². The van der Waals surface area contributed by atoms with Crippen molar-refractivity contribution in [2.24, 2.45) is 0 Å². The molecule has 2 rings (SSSR count). The molecule has 94 valence electrons. The smallest absolute Gasteiger partial charge is 0.291 e. The monoisotopic (exact) mass is 240 g/mol. The Bertz CT molecular complexity index is 385. The number of β-amino-alcohol motifs (C(OH)–C–C–N with tert-alkyl or cyclic N) is 1. The van der Waals surface area contributed by atoms with Gasteiger partial charge >= 0.3 is 0 Å². The van der Waals surface area contributed by atoms with Crippen molar-refractivity contribution in [2.45, 2.75) is 0 Å². The first-order chi connectivity index (χ1) is 8.20. The predicted octanol–water partition coefficient (Wildman–Crippen LogP) is -1.86. The van der Waals surface area contributed by atoms with Crippen molar-refractivity contribution in [2.75, 3.05) is 45.1 Å². The number of hydrogen-bond donors (Lipinski definition) is 3. The highest BCUT2D eigenvalue weighted by atomic mass is 16.3. The molecule has 0 aliphatic carbocycles. The number of H-pyrrole nitrogens is 1. The molecule has 1 aromatic heterocycles. The molecular formula is C9H16N6O2. The van der Waals surface area contributed by atoms with Gasteiger partial charge in [0.15, 0.2) is 0 Å². The van der Waals surface area contributed by atoms with Crippen LogP contribution in [0.1, 0.15) is 10.6 Å². The average molecular weight is 240 g/mol. The summed E-state index contributed by atoms with van der Waals surface area (Å²) in [6, 6.07) is 0. The molecule has 1 amide bonds. The van der Waals surface area contributed by atoms with Crippen molar-refractivity contribution < 1.29 is 9.90 Å². The van der Waals surface area contributed by atoms with Crippen molar-refractivity contribution in [1.82, 2.24) is 25.0 Å². The number of piperazine rings is 1. The number of carbonyl (C=O) groups is 1. The lowest BCUT2D eigenvalue weighted by Gasteiger charge is -2.33. The van der Waals surface area contributed by atoms with Gasteiger partial charge in [-0.25, -0.2) is 0 Å². The number of aromatic amines is 1. The molecule has 2 heterocycles. The third-order valence-electron chi connectivity index (χ3n) is 2.78. The van der Waals surface area contributed by atoms with Gasteiger partial charge in [0.25, 0.3) is 5.91 Å². The zero-order chi connectivity index (χ0) is 12.3. The van der Waals surface area contributed by atoms with Gasteiger partial charge in [0, 0.05) is 32.7 Å². The fourth-order valence-corrected chi connectivity index (χ4v) is 1.84. The van der Waals surface area contributed by atoms with Crippen LogP contribution in [0.15, 0.2) is 0 Å². The molecule has 1 aliphatic heterocycles. The highest BCUT2D eigenvalue weighted by molar-refractivity contribution is 5.90. The van der Waals surface area contributed by atoms with Gasteiger partial charge in [0.2, 0.25) is 11.8 Å². The lowest BCUT2D eigenvalue weighted by Crippen LogP contribution is -2.49. The molecular weight excluding hydrogens is 224 g/mol. The second kappa shape index (κ2) is 5.11. The number of amides is 1. The van der Waals surface area contributed by atoms with Gasteiger partial charge in [0.05, 0.1) is 6.61 Å². The lowest BCUT2D eigenvalue weighted by molar-refractivity contribution is 0.0604. The minimum absolute atomic E-state index is 0.0762. The van der Waals surface area contributed by atoms with Crippen LogP contribution in [0.3, 0.4) is 0 Å². The molecule has 0 spiro atoms. The first-order valence-electron chi connectivity index (χ1n) is 5.51. The van der Waals surface area contributed by atoms with Crippen LogP contribution in [0.2, 0.25) is 0 Å². The summed E-state index contributed by atoms with van der Waals surface area (Å²) < 4.78 is 0. The SMILES string of the molecule is Nc1n[nH]c(C(=O)N2CCN(CCO)CC2)n1. The summed E-state index contributed by atoms with van der Waals surface area (Å²) in [5.41, 5.74) is 5.35. The Morgan fingerprint density at radius 1 is 1.41 bits per heavy atom. The number of hydrogen-bond acceptors (Lipinski definition) is 6. The number of carbonyl (C=O) groups excluding carboxylic acids is 1. The summed E-state index contributed by atoms with van der Waals surface area (Å²) in [7, 11) is 0. The van der Waals surface area contributed by atoms with Crippen LogP contribution in [0.5, 0.6) is 0 Å². The molecule has 0 atom stereocenters. The number of aromatic nitrogens is 3. The van der Waals surface area contributed by atoms with Crippen molar-refractivity contribution in [3.63, 3.8) is 0 Å². The second-order valence-electron chi connectivity index (χ2n) is 3.90. The van der Waals surface area contributed by atoms with E-state index in [0.717, 1.165) is 13.1 Å². The Labute approximate surface area is 98.4 Å². The van der Waals surface area contributed by atoms with E-state index < -0.39 is 0 Å². The van der Waals surface area contributed by atoms with E-state index in [0.29, 0.717) is 19.6 Å². The van der Waals surface area contributed by atoms with Crippen LogP contribution in [0, 0.1) is 0 Å². The molecule has 1 aliphatic rings. The van der Waals surface area contributed by atoms with Gasteiger partial charge in [-0.15, -0.1) is 5.10 Å². The molecule has 0 bridgehead atoms. The molecule has 0 aromatic carbocycles. The van der Waals surface area contributed by atoms with Crippen LogP contribution >= 0.6 is 0 Å². The minimum atomic E-state index is -0.183. The molecule has 1 aromatic rings. The number of aliphatic hydroxyl groups excluding tert-OH is 1. The second-order valence-corrected chi connectivity index (χ2v) is 3.90. The Morgan fingerprint density at radius 3 is 2.65 bits per heavy atom. The zero-order valence-corrected chi connectivity index (χ0v) is 9.46. The maximum atomic E-state index is 11.9. The number of nitrogens with two attached hydrogens (primary N) is 1. The quantitative estimate of drug-likeness (QED) is 0.571. The van der Waals surface area contributed by atoms with E-state index >= 15 is 0 Å². The lowest BCUT2D eigenvalue weighted by atomic mass is 10.3. The number of aliphatic hydroxyl groups is 1. The van der Waals surface area contributed by atoms with Crippen molar-refractivity contribution in [3.8, 4) is 0 Å². The Hall–Kier alpha value is -1.67. The molecule has 4 N–H and O–H groups in total. The standard InChI is InChI=1S/C9H16N6O2/c10-9-11-7(12-13-9)8(17)15-3-1-14(2-4-15)5-6-16/h16H,1-6H2,(H3,10,11,12,13). The van der Waals surface area contributed by atoms with E-state index in [-0.39, 0.29) is 24.3 Å². The summed E-state index contributed by atoms with van der Waals surface area (Å²) in [6.07, 6.45) is 0. The summed E-state index contributed by atoms with van der Waals surface area (Å²) in [5, 5.41) is 15.0. The number of anilines is 1. The molecule has 0 radical (unpaired) electrons. The molecule has 17 heavy (non-hydrogen) atoms. The molecule has 1 fully saturated rings. The number of nitrogen functional groups attached to an aromatic ring is 1. The van der Waals surface area contributed by atoms with Gasteiger partial charge in [-0.2, -0.15) is 4.98 Å². The van der Waals surface area contributed by atoms with E-state index in [9.17, 15) is 4.79 Å². The highest BCUT2D eigenvalue weighted by Crippen LogP contribution is 2.05. The minimum Gasteiger partial charge on any atom is -0.395 e. The molecule has 8 nitrogen and oxygen atoms in total. The van der Waals surface area contributed by atoms with Crippen molar-refractivity contribution in [1.29, 1.82) is 0 Å². The number of nitrogens with zero attached hydrogens (tertiary/aromatic N) is 4. The van der Waals surface area contributed by atoms with E-state index in [4.69, 9.17) is 10.8 Å². The van der Waals surface area contributed by atoms with E-state index in [1.807, 2.05) is 0 Å². The third kappa shape index (κ3) is 2.71. The average Bonchev–Trinajstić information content (AvgIpc) is 2.76. The van der Waals surface area contributed by atoms with Gasteiger partial charge in [0.1, 0.15) is 0 Å².